The molecule has 1 unspecified atom stereocenters. The van der Waals surface area contributed by atoms with Gasteiger partial charge in [-0.15, -0.1) is 0 Å². The number of esters is 1. The third kappa shape index (κ3) is 4.79. The fraction of sp³-hybridized carbons (Fsp3) is 0.241. The molecule has 0 saturated carbocycles. The summed E-state index contributed by atoms with van der Waals surface area (Å²) in [5, 5.41) is 11.6. The molecule has 0 spiro atoms. The fourth-order valence-electron chi connectivity index (χ4n) is 4.52. The molecule has 1 N–H and O–H groups in total. The number of benzene rings is 2. The first-order valence-corrected chi connectivity index (χ1v) is 13.3. The number of Topliss-reactive ketones (excluding diaryl/α,β-unsaturated/α-hetero) is 1. The van der Waals surface area contributed by atoms with Crippen molar-refractivity contribution in [1.29, 1.82) is 0 Å². The van der Waals surface area contributed by atoms with Crippen molar-refractivity contribution in [2.24, 2.45) is 0 Å². The van der Waals surface area contributed by atoms with Gasteiger partial charge in [-0.1, -0.05) is 36.1 Å². The highest BCUT2D eigenvalue weighted by Crippen LogP contribution is 2.45. The zero-order valence-corrected chi connectivity index (χ0v) is 23.0. The molecule has 3 aromatic rings. The molecule has 0 radical (unpaired) electrons. The Kier molecular flexibility index (Phi) is 7.31. The van der Waals surface area contributed by atoms with Crippen molar-refractivity contribution in [3.8, 4) is 11.5 Å². The van der Waals surface area contributed by atoms with Crippen LogP contribution in [-0.4, -0.2) is 61.7 Å². The smallest absolute Gasteiger partial charge is 0.350 e. The molecule has 0 bridgehead atoms. The Morgan fingerprint density at radius 2 is 1.88 bits per heavy atom. The van der Waals surface area contributed by atoms with Gasteiger partial charge in [-0.25, -0.2) is 9.78 Å². The van der Waals surface area contributed by atoms with Gasteiger partial charge in [0.25, 0.3) is 5.78 Å². The monoisotopic (exact) mass is 561 g/mol. The SMILES string of the molecule is C=CCOC(=O)c1sc(N2C(=O)C(=O)/C(=C(/O)c3ccc4c(c3)OCCO4)C2c2ccc(N(C)C)cc2)nc1C. The Bertz CT molecular complexity index is 1540. The molecule has 1 aromatic heterocycles. The fourth-order valence-corrected chi connectivity index (χ4v) is 5.51. The number of hydrogen-bond acceptors (Lipinski definition) is 10. The second-order valence-electron chi connectivity index (χ2n) is 9.31. The molecule has 2 aliphatic heterocycles. The molecule has 1 amide bonds. The van der Waals surface area contributed by atoms with Crippen LogP contribution in [0.3, 0.4) is 0 Å². The molecule has 40 heavy (non-hydrogen) atoms. The van der Waals surface area contributed by atoms with E-state index in [1.165, 1.54) is 11.0 Å². The average molecular weight is 562 g/mol. The molecule has 1 atom stereocenters. The summed E-state index contributed by atoms with van der Waals surface area (Å²) in [4.78, 5) is 47.4. The van der Waals surface area contributed by atoms with Gasteiger partial charge in [0.1, 0.15) is 30.5 Å². The predicted molar refractivity (Wildman–Crippen MR) is 150 cm³/mol. The number of rotatable bonds is 7. The maximum Gasteiger partial charge on any atom is 0.350 e. The number of carbonyl (C=O) groups is 3. The first-order valence-electron chi connectivity index (χ1n) is 12.4. The normalized spacial score (nSPS) is 17.6. The van der Waals surface area contributed by atoms with Crippen LogP contribution in [0.1, 0.15) is 32.5 Å². The van der Waals surface area contributed by atoms with Gasteiger partial charge in [0, 0.05) is 25.3 Å². The second-order valence-corrected chi connectivity index (χ2v) is 10.3. The summed E-state index contributed by atoms with van der Waals surface area (Å²) in [5.74, 6) is -1.78. The Hall–Kier alpha value is -4.64. The number of aromatic nitrogens is 1. The second kappa shape index (κ2) is 10.9. The van der Waals surface area contributed by atoms with Crippen molar-refractivity contribution in [1.82, 2.24) is 4.98 Å². The highest BCUT2D eigenvalue weighted by atomic mass is 32.1. The van der Waals surface area contributed by atoms with E-state index in [2.05, 4.69) is 11.6 Å². The first-order chi connectivity index (χ1) is 19.2. The molecule has 11 heteroatoms. The van der Waals surface area contributed by atoms with Gasteiger partial charge in [-0.05, 0) is 42.8 Å². The number of thiazole rings is 1. The van der Waals surface area contributed by atoms with Crippen molar-refractivity contribution < 1.29 is 33.7 Å². The summed E-state index contributed by atoms with van der Waals surface area (Å²) in [5.41, 5.74) is 2.02. The number of ketones is 1. The number of carbonyl (C=O) groups excluding carboxylic acids is 3. The summed E-state index contributed by atoms with van der Waals surface area (Å²) in [6.07, 6.45) is 1.45. The largest absolute Gasteiger partial charge is 0.507 e. The van der Waals surface area contributed by atoms with Crippen molar-refractivity contribution in [3.05, 3.63) is 82.4 Å². The molecule has 3 heterocycles. The third-order valence-corrected chi connectivity index (χ3v) is 7.63. The van der Waals surface area contributed by atoms with Crippen LogP contribution in [0, 0.1) is 6.92 Å². The Morgan fingerprint density at radius 3 is 2.55 bits per heavy atom. The summed E-state index contributed by atoms with van der Waals surface area (Å²) in [7, 11) is 3.79. The van der Waals surface area contributed by atoms with E-state index >= 15 is 0 Å². The van der Waals surface area contributed by atoms with E-state index in [0.717, 1.165) is 17.0 Å². The Labute approximate surface area is 234 Å². The molecule has 0 aliphatic carbocycles. The van der Waals surface area contributed by atoms with Crippen LogP contribution in [0.4, 0.5) is 10.8 Å². The Balaban J connectivity index is 1.65. The minimum absolute atomic E-state index is 0.0176. The van der Waals surface area contributed by atoms with Gasteiger partial charge in [0.05, 0.1) is 17.3 Å². The Morgan fingerprint density at radius 1 is 1.18 bits per heavy atom. The van der Waals surface area contributed by atoms with Gasteiger partial charge >= 0.3 is 11.9 Å². The van der Waals surface area contributed by atoms with E-state index in [1.807, 2.05) is 31.1 Å². The number of hydrogen-bond donors (Lipinski definition) is 1. The van der Waals surface area contributed by atoms with E-state index in [1.54, 1.807) is 37.3 Å². The number of aryl methyl sites for hydroxylation is 1. The number of anilines is 2. The summed E-state index contributed by atoms with van der Waals surface area (Å²) >= 11 is 0.940. The van der Waals surface area contributed by atoms with E-state index < -0.39 is 23.7 Å². The number of aliphatic hydroxyl groups is 1. The molecular formula is C29H27N3O7S. The topological polar surface area (TPSA) is 118 Å². The molecule has 1 saturated heterocycles. The van der Waals surface area contributed by atoms with Crippen LogP contribution in [0.5, 0.6) is 11.5 Å². The van der Waals surface area contributed by atoms with Crippen molar-refractivity contribution >= 4 is 45.6 Å². The molecule has 5 rings (SSSR count). The number of amides is 1. The van der Waals surface area contributed by atoms with E-state index in [0.29, 0.717) is 41.5 Å². The van der Waals surface area contributed by atoms with Gasteiger partial charge in [-0.2, -0.15) is 0 Å². The summed E-state index contributed by atoms with van der Waals surface area (Å²) in [6.45, 7) is 5.94. The number of nitrogens with zero attached hydrogens (tertiary/aromatic N) is 3. The minimum atomic E-state index is -1.01. The van der Waals surface area contributed by atoms with E-state index in [-0.39, 0.29) is 27.9 Å². The lowest BCUT2D eigenvalue weighted by molar-refractivity contribution is -0.132. The van der Waals surface area contributed by atoms with Gasteiger partial charge in [0.2, 0.25) is 0 Å². The van der Waals surface area contributed by atoms with Crippen LogP contribution < -0.4 is 19.3 Å². The first kappa shape index (κ1) is 26.9. The molecular weight excluding hydrogens is 534 g/mol. The zero-order chi connectivity index (χ0) is 28.6. The van der Waals surface area contributed by atoms with Gasteiger partial charge in [0.15, 0.2) is 16.6 Å². The minimum Gasteiger partial charge on any atom is -0.507 e. The van der Waals surface area contributed by atoms with Gasteiger partial charge < -0.3 is 24.2 Å². The van der Waals surface area contributed by atoms with Gasteiger partial charge in [-0.3, -0.25) is 14.5 Å². The lowest BCUT2D eigenvalue weighted by Gasteiger charge is -2.24. The predicted octanol–water partition coefficient (Wildman–Crippen LogP) is 4.26. The third-order valence-electron chi connectivity index (χ3n) is 6.49. The van der Waals surface area contributed by atoms with Crippen LogP contribution in [0.2, 0.25) is 0 Å². The van der Waals surface area contributed by atoms with Crippen molar-refractivity contribution in [2.45, 2.75) is 13.0 Å². The van der Waals surface area contributed by atoms with E-state index in [9.17, 15) is 19.5 Å². The number of ether oxygens (including phenoxy) is 3. The molecule has 10 nitrogen and oxygen atoms in total. The highest BCUT2D eigenvalue weighted by molar-refractivity contribution is 7.17. The highest BCUT2D eigenvalue weighted by Gasteiger charge is 2.48. The standard InChI is InChI=1S/C29H27N3O7S/c1-5-12-39-28(36)26-16(2)30-29(40-26)32-23(17-6-9-19(10-7-17)31(3)4)22(25(34)27(32)35)24(33)18-8-11-20-21(15-18)38-14-13-37-20/h5-11,15,23,33H,1,12-14H2,2-4H3/b24-22+. The average Bonchev–Trinajstić information content (AvgIpc) is 3.47. The van der Waals surface area contributed by atoms with Crippen LogP contribution in [-0.2, 0) is 14.3 Å². The lowest BCUT2D eigenvalue weighted by Crippen LogP contribution is -2.29. The summed E-state index contributed by atoms with van der Waals surface area (Å²) < 4.78 is 16.4. The van der Waals surface area contributed by atoms with Crippen LogP contribution in [0.25, 0.3) is 5.76 Å². The van der Waals surface area contributed by atoms with Crippen LogP contribution in [0.15, 0.2) is 60.7 Å². The van der Waals surface area contributed by atoms with Crippen LogP contribution >= 0.6 is 11.3 Å². The zero-order valence-electron chi connectivity index (χ0n) is 22.2. The molecule has 2 aliphatic rings. The maximum atomic E-state index is 13.5. The lowest BCUT2D eigenvalue weighted by atomic mass is 9.95. The molecule has 206 valence electrons. The van der Waals surface area contributed by atoms with Crippen molar-refractivity contribution in [3.63, 3.8) is 0 Å². The molecule has 2 aromatic carbocycles. The quantitative estimate of drug-likeness (QED) is 0.148. The summed E-state index contributed by atoms with van der Waals surface area (Å²) in [6, 6.07) is 11.1. The van der Waals surface area contributed by atoms with E-state index in [4.69, 9.17) is 14.2 Å². The molecule has 1 fully saturated rings. The number of fused-ring (bicyclic) bond motifs is 1. The van der Waals surface area contributed by atoms with Crippen molar-refractivity contribution in [2.75, 3.05) is 43.7 Å². The maximum absolute atomic E-state index is 13.5. The number of aliphatic hydroxyl groups excluding tert-OH is 1.